The standard InChI is InChI=1S/C27H22N2O3S/c1-30-21-11-6-19(7-12-21)27-26(24-14-13-23(31-2)15-25(24)33-27)32-22-9-4-18(5-10-22)3-8-20-16-28-17-29-20/h3-17H,1-2H3,(H,28,29). The van der Waals surface area contributed by atoms with E-state index in [-0.39, 0.29) is 0 Å². The molecule has 2 heterocycles. The van der Waals surface area contributed by atoms with Gasteiger partial charge in [0, 0.05) is 10.1 Å². The summed E-state index contributed by atoms with van der Waals surface area (Å²) in [5.74, 6) is 3.26. The molecule has 0 amide bonds. The van der Waals surface area contributed by atoms with Crippen LogP contribution in [0, 0.1) is 0 Å². The molecule has 0 bridgehead atoms. The molecule has 0 saturated carbocycles. The lowest BCUT2D eigenvalue weighted by atomic mass is 10.1. The Morgan fingerprint density at radius 3 is 2.24 bits per heavy atom. The molecule has 5 nitrogen and oxygen atoms in total. The first-order valence-corrected chi connectivity index (χ1v) is 11.2. The van der Waals surface area contributed by atoms with Gasteiger partial charge in [0.25, 0.3) is 0 Å². The van der Waals surface area contributed by atoms with Crippen molar-refractivity contribution < 1.29 is 14.2 Å². The molecule has 0 radical (unpaired) electrons. The number of nitrogens with one attached hydrogen (secondary N) is 1. The van der Waals surface area contributed by atoms with Gasteiger partial charge in [-0.1, -0.05) is 18.2 Å². The number of hydrogen-bond acceptors (Lipinski definition) is 5. The highest BCUT2D eigenvalue weighted by molar-refractivity contribution is 7.22. The molecule has 5 aromatic rings. The minimum Gasteiger partial charge on any atom is -0.497 e. The second-order valence-corrected chi connectivity index (χ2v) is 8.41. The zero-order chi connectivity index (χ0) is 22.6. The van der Waals surface area contributed by atoms with Gasteiger partial charge in [-0.25, -0.2) is 4.98 Å². The maximum absolute atomic E-state index is 6.45. The molecule has 0 saturated heterocycles. The molecule has 164 valence electrons. The smallest absolute Gasteiger partial charge is 0.153 e. The Bertz CT molecular complexity index is 1390. The SMILES string of the molecule is COc1ccc(-c2sc3cc(OC)ccc3c2Oc2ccc(C=Cc3cnc[nH]3)cc2)cc1. The third-order valence-corrected chi connectivity index (χ3v) is 6.46. The molecule has 0 aliphatic carbocycles. The predicted molar refractivity (Wildman–Crippen MR) is 134 cm³/mol. The van der Waals surface area contributed by atoms with Crippen LogP contribution in [-0.2, 0) is 0 Å². The van der Waals surface area contributed by atoms with Gasteiger partial charge in [0.05, 0.1) is 37.3 Å². The Morgan fingerprint density at radius 1 is 0.818 bits per heavy atom. The lowest BCUT2D eigenvalue weighted by Crippen LogP contribution is -1.87. The van der Waals surface area contributed by atoms with E-state index in [4.69, 9.17) is 14.2 Å². The van der Waals surface area contributed by atoms with Crippen molar-refractivity contribution in [1.82, 2.24) is 9.97 Å². The summed E-state index contributed by atoms with van der Waals surface area (Å²) in [5, 5.41) is 1.05. The number of rotatable bonds is 7. The quantitative estimate of drug-likeness (QED) is 0.281. The van der Waals surface area contributed by atoms with Crippen LogP contribution in [0.25, 0.3) is 32.7 Å². The monoisotopic (exact) mass is 454 g/mol. The van der Waals surface area contributed by atoms with Gasteiger partial charge in [0.15, 0.2) is 5.75 Å². The summed E-state index contributed by atoms with van der Waals surface area (Å²) in [6.45, 7) is 0. The maximum Gasteiger partial charge on any atom is 0.153 e. The van der Waals surface area contributed by atoms with Crippen LogP contribution < -0.4 is 14.2 Å². The van der Waals surface area contributed by atoms with E-state index in [1.165, 1.54) is 0 Å². The zero-order valence-electron chi connectivity index (χ0n) is 18.2. The van der Waals surface area contributed by atoms with Crippen molar-refractivity contribution in [1.29, 1.82) is 0 Å². The zero-order valence-corrected chi connectivity index (χ0v) is 19.1. The number of fused-ring (bicyclic) bond motifs is 1. The van der Waals surface area contributed by atoms with Crippen molar-refractivity contribution in [3.8, 4) is 33.4 Å². The number of benzene rings is 3. The van der Waals surface area contributed by atoms with E-state index < -0.39 is 0 Å². The number of ether oxygens (including phenoxy) is 3. The summed E-state index contributed by atoms with van der Waals surface area (Å²) in [6, 6.07) is 22.1. The normalized spacial score (nSPS) is 11.2. The second kappa shape index (κ2) is 9.22. The van der Waals surface area contributed by atoms with E-state index in [0.29, 0.717) is 0 Å². The van der Waals surface area contributed by atoms with Gasteiger partial charge in [-0.2, -0.15) is 0 Å². The molecule has 6 heteroatoms. The van der Waals surface area contributed by atoms with E-state index in [2.05, 4.69) is 28.2 Å². The fourth-order valence-electron chi connectivity index (χ4n) is 3.52. The molecule has 1 N–H and O–H groups in total. The van der Waals surface area contributed by atoms with Crippen LogP contribution >= 0.6 is 11.3 Å². The number of H-pyrrole nitrogens is 1. The van der Waals surface area contributed by atoms with E-state index in [9.17, 15) is 0 Å². The van der Waals surface area contributed by atoms with E-state index >= 15 is 0 Å². The number of thiophene rings is 1. The molecule has 0 unspecified atom stereocenters. The van der Waals surface area contributed by atoms with Crippen LogP contribution in [0.4, 0.5) is 0 Å². The fraction of sp³-hybridized carbons (Fsp3) is 0.0741. The molecule has 0 spiro atoms. The Morgan fingerprint density at radius 2 is 1.55 bits per heavy atom. The molecule has 0 fully saturated rings. The fourth-order valence-corrected chi connectivity index (χ4v) is 4.69. The molecular formula is C27H22N2O3S. The van der Waals surface area contributed by atoms with Crippen molar-refractivity contribution in [3.05, 3.63) is 90.5 Å². The van der Waals surface area contributed by atoms with Crippen molar-refractivity contribution in [3.63, 3.8) is 0 Å². The molecular weight excluding hydrogens is 432 g/mol. The largest absolute Gasteiger partial charge is 0.497 e. The van der Waals surface area contributed by atoms with Gasteiger partial charge >= 0.3 is 0 Å². The molecule has 3 aromatic carbocycles. The average Bonchev–Trinajstić information content (AvgIpc) is 3.51. The number of aromatic amines is 1. The van der Waals surface area contributed by atoms with Gasteiger partial charge in [-0.15, -0.1) is 11.3 Å². The molecule has 2 aromatic heterocycles. The summed E-state index contributed by atoms with van der Waals surface area (Å²) >= 11 is 1.68. The molecule has 0 aliphatic heterocycles. The van der Waals surface area contributed by atoms with Gasteiger partial charge < -0.3 is 19.2 Å². The Hall–Kier alpha value is -4.03. The Labute approximate surface area is 195 Å². The summed E-state index contributed by atoms with van der Waals surface area (Å²) in [4.78, 5) is 8.15. The lowest BCUT2D eigenvalue weighted by Gasteiger charge is -2.09. The van der Waals surface area contributed by atoms with Gasteiger partial charge in [-0.3, -0.25) is 0 Å². The van der Waals surface area contributed by atoms with Crippen LogP contribution in [0.3, 0.4) is 0 Å². The van der Waals surface area contributed by atoms with Crippen molar-refractivity contribution >= 4 is 33.6 Å². The van der Waals surface area contributed by atoms with Crippen molar-refractivity contribution in [2.45, 2.75) is 0 Å². The maximum atomic E-state index is 6.45. The van der Waals surface area contributed by atoms with Crippen LogP contribution in [0.2, 0.25) is 0 Å². The van der Waals surface area contributed by atoms with Crippen molar-refractivity contribution in [2.75, 3.05) is 14.2 Å². The van der Waals surface area contributed by atoms with E-state index in [0.717, 1.165) is 54.8 Å². The highest BCUT2D eigenvalue weighted by atomic mass is 32.1. The third-order valence-electron chi connectivity index (χ3n) is 5.28. The van der Waals surface area contributed by atoms with Crippen LogP contribution in [0.15, 0.2) is 79.3 Å². The molecule has 33 heavy (non-hydrogen) atoms. The first-order chi connectivity index (χ1) is 16.2. The number of aromatic nitrogens is 2. The second-order valence-electron chi connectivity index (χ2n) is 7.36. The highest BCUT2D eigenvalue weighted by Crippen LogP contribution is 2.47. The minimum absolute atomic E-state index is 0.777. The first-order valence-electron chi connectivity index (χ1n) is 10.4. The Kier molecular flexibility index (Phi) is 5.83. The van der Waals surface area contributed by atoms with E-state index in [1.54, 1.807) is 38.1 Å². The molecule has 5 rings (SSSR count). The van der Waals surface area contributed by atoms with Gasteiger partial charge in [0.2, 0.25) is 0 Å². The number of methoxy groups -OCH3 is 2. The average molecular weight is 455 g/mol. The summed E-state index contributed by atoms with van der Waals surface area (Å²) in [5.41, 5.74) is 3.11. The highest BCUT2D eigenvalue weighted by Gasteiger charge is 2.17. The lowest BCUT2D eigenvalue weighted by molar-refractivity contribution is 0.415. The molecule has 0 atom stereocenters. The van der Waals surface area contributed by atoms with Crippen LogP contribution in [0.1, 0.15) is 11.3 Å². The van der Waals surface area contributed by atoms with Crippen LogP contribution in [-0.4, -0.2) is 24.2 Å². The topological polar surface area (TPSA) is 56.4 Å². The molecule has 0 aliphatic rings. The number of nitrogens with zero attached hydrogens (tertiary/aromatic N) is 1. The van der Waals surface area contributed by atoms with Gasteiger partial charge in [0.1, 0.15) is 17.2 Å². The summed E-state index contributed by atoms with van der Waals surface area (Å²) < 4.78 is 18.3. The Balaban J connectivity index is 1.49. The van der Waals surface area contributed by atoms with Gasteiger partial charge in [-0.05, 0) is 71.8 Å². The number of imidazole rings is 1. The minimum atomic E-state index is 0.777. The first kappa shape index (κ1) is 20.8. The number of hydrogen-bond donors (Lipinski definition) is 1. The van der Waals surface area contributed by atoms with Crippen molar-refractivity contribution in [2.24, 2.45) is 0 Å². The summed E-state index contributed by atoms with van der Waals surface area (Å²) in [7, 11) is 3.35. The van der Waals surface area contributed by atoms with Crippen LogP contribution in [0.5, 0.6) is 23.0 Å². The summed E-state index contributed by atoms with van der Waals surface area (Å²) in [6.07, 6.45) is 7.47. The predicted octanol–water partition coefficient (Wildman–Crippen LogP) is 7.27. The van der Waals surface area contributed by atoms with E-state index in [1.807, 2.05) is 60.7 Å². The third kappa shape index (κ3) is 4.47.